The molecule has 1 aliphatic rings. The minimum Gasteiger partial charge on any atom is -0.382 e. The van der Waals surface area contributed by atoms with Gasteiger partial charge in [-0.05, 0) is 50.5 Å². The van der Waals surface area contributed by atoms with E-state index in [0.29, 0.717) is 18.2 Å². The summed E-state index contributed by atoms with van der Waals surface area (Å²) in [5.74, 6) is -0.0167. The molecule has 1 fully saturated rings. The van der Waals surface area contributed by atoms with Gasteiger partial charge in [-0.15, -0.1) is 0 Å². The molecule has 1 heterocycles. The highest BCUT2D eigenvalue weighted by atomic mass is 16.5. The molecular weight excluding hydrogens is 240 g/mol. The van der Waals surface area contributed by atoms with Gasteiger partial charge in [0.15, 0.2) is 0 Å². The molecule has 0 bridgehead atoms. The van der Waals surface area contributed by atoms with Gasteiger partial charge in [0.1, 0.15) is 0 Å². The highest BCUT2D eigenvalue weighted by molar-refractivity contribution is 5.94. The Kier molecular flexibility index (Phi) is 5.21. The highest BCUT2D eigenvalue weighted by Gasteiger charge is 2.12. The van der Waals surface area contributed by atoms with Gasteiger partial charge in [0.05, 0.1) is 0 Å². The van der Waals surface area contributed by atoms with E-state index >= 15 is 0 Å². The molecule has 4 nitrogen and oxygen atoms in total. The lowest BCUT2D eigenvalue weighted by Crippen LogP contribution is -2.23. The van der Waals surface area contributed by atoms with Crippen LogP contribution in [0.15, 0.2) is 24.3 Å². The van der Waals surface area contributed by atoms with Crippen molar-refractivity contribution in [2.45, 2.75) is 32.2 Å². The Morgan fingerprint density at radius 1 is 1.26 bits per heavy atom. The average Bonchev–Trinajstić information content (AvgIpc) is 2.68. The quantitative estimate of drug-likeness (QED) is 0.876. The fourth-order valence-corrected chi connectivity index (χ4v) is 2.26. The third kappa shape index (κ3) is 4.24. The molecule has 0 saturated carbocycles. The van der Waals surface area contributed by atoms with Crippen molar-refractivity contribution in [1.29, 1.82) is 0 Å². The molecule has 2 rings (SSSR count). The van der Waals surface area contributed by atoms with E-state index in [1.165, 1.54) is 0 Å². The topological polar surface area (TPSA) is 50.4 Å². The minimum absolute atomic E-state index is 0.0167. The molecule has 1 aromatic rings. The van der Waals surface area contributed by atoms with E-state index in [2.05, 4.69) is 10.6 Å². The predicted molar refractivity (Wildman–Crippen MR) is 76.5 cm³/mol. The Hall–Kier alpha value is -1.55. The van der Waals surface area contributed by atoms with Gasteiger partial charge in [-0.1, -0.05) is 0 Å². The normalized spacial score (nSPS) is 19.5. The molecule has 2 N–H and O–H groups in total. The van der Waals surface area contributed by atoms with Gasteiger partial charge in [0.2, 0.25) is 0 Å². The molecule has 1 saturated heterocycles. The summed E-state index contributed by atoms with van der Waals surface area (Å²) in [4.78, 5) is 11.6. The number of hydrogen-bond acceptors (Lipinski definition) is 3. The number of benzene rings is 1. The number of hydrogen-bond donors (Lipinski definition) is 2. The lowest BCUT2D eigenvalue weighted by molar-refractivity contribution is 0.0956. The largest absolute Gasteiger partial charge is 0.382 e. The Bertz CT molecular complexity index is 395. The number of nitrogens with one attached hydrogen (secondary N) is 2. The van der Waals surface area contributed by atoms with Crippen LogP contribution in [-0.2, 0) is 4.74 Å². The van der Waals surface area contributed by atoms with Crippen LogP contribution in [0.3, 0.4) is 0 Å². The van der Waals surface area contributed by atoms with Crippen molar-refractivity contribution in [3.8, 4) is 0 Å². The van der Waals surface area contributed by atoms with Gasteiger partial charge in [-0.25, -0.2) is 0 Å². The van der Waals surface area contributed by atoms with Gasteiger partial charge >= 0.3 is 0 Å². The van der Waals surface area contributed by atoms with Gasteiger partial charge in [-0.2, -0.15) is 0 Å². The molecule has 104 valence electrons. The van der Waals surface area contributed by atoms with Crippen molar-refractivity contribution < 1.29 is 9.53 Å². The molecule has 1 aromatic carbocycles. The molecule has 1 unspecified atom stereocenters. The zero-order valence-electron chi connectivity index (χ0n) is 11.4. The van der Waals surface area contributed by atoms with E-state index in [9.17, 15) is 4.79 Å². The van der Waals surface area contributed by atoms with E-state index in [-0.39, 0.29) is 5.91 Å². The highest BCUT2D eigenvalue weighted by Crippen LogP contribution is 2.16. The second-order valence-electron chi connectivity index (χ2n) is 4.82. The Balaban J connectivity index is 1.92. The van der Waals surface area contributed by atoms with Crippen molar-refractivity contribution in [1.82, 2.24) is 5.32 Å². The van der Waals surface area contributed by atoms with E-state index < -0.39 is 0 Å². The smallest absolute Gasteiger partial charge is 0.251 e. The molecular formula is C15H22N2O2. The van der Waals surface area contributed by atoms with Crippen molar-refractivity contribution >= 4 is 11.6 Å². The van der Waals surface area contributed by atoms with Gasteiger partial charge in [-0.3, -0.25) is 4.79 Å². The number of ether oxygens (including phenoxy) is 1. The van der Waals surface area contributed by atoms with E-state index in [4.69, 9.17) is 4.74 Å². The summed E-state index contributed by atoms with van der Waals surface area (Å²) in [5.41, 5.74) is 1.77. The van der Waals surface area contributed by atoms with Gasteiger partial charge < -0.3 is 15.4 Å². The average molecular weight is 262 g/mol. The predicted octanol–water partition coefficient (Wildman–Crippen LogP) is 2.42. The van der Waals surface area contributed by atoms with Crippen LogP contribution in [-0.4, -0.2) is 31.7 Å². The van der Waals surface area contributed by atoms with E-state index in [1.54, 1.807) is 0 Å². The monoisotopic (exact) mass is 262 g/mol. The van der Waals surface area contributed by atoms with Crippen LogP contribution in [0, 0.1) is 0 Å². The molecule has 0 aliphatic carbocycles. The standard InChI is InChI=1S/C15H22N2O2/c1-2-16-15(18)12-5-7-14(8-6-12)17-13-4-3-10-19-11-9-13/h5-8,13,17H,2-4,9-11H2,1H3,(H,16,18). The first-order valence-electron chi connectivity index (χ1n) is 7.02. The van der Waals surface area contributed by atoms with Crippen molar-refractivity contribution in [3.63, 3.8) is 0 Å². The first-order chi connectivity index (χ1) is 9.29. The summed E-state index contributed by atoms with van der Waals surface area (Å²) in [6, 6.07) is 8.13. The number of anilines is 1. The summed E-state index contributed by atoms with van der Waals surface area (Å²) in [6.45, 7) is 4.27. The van der Waals surface area contributed by atoms with Crippen molar-refractivity contribution in [2.24, 2.45) is 0 Å². The maximum absolute atomic E-state index is 11.6. The first-order valence-corrected chi connectivity index (χ1v) is 7.02. The van der Waals surface area contributed by atoms with Gasteiger partial charge in [0, 0.05) is 37.1 Å². The van der Waals surface area contributed by atoms with Crippen LogP contribution < -0.4 is 10.6 Å². The van der Waals surface area contributed by atoms with Crippen LogP contribution >= 0.6 is 0 Å². The molecule has 0 spiro atoms. The number of rotatable bonds is 4. The second kappa shape index (κ2) is 7.14. The zero-order valence-corrected chi connectivity index (χ0v) is 11.4. The van der Waals surface area contributed by atoms with Crippen LogP contribution in [0.5, 0.6) is 0 Å². The molecule has 1 amide bonds. The second-order valence-corrected chi connectivity index (χ2v) is 4.82. The Labute approximate surface area is 114 Å². The number of amides is 1. The molecule has 1 aliphatic heterocycles. The van der Waals surface area contributed by atoms with E-state index in [0.717, 1.165) is 38.2 Å². The molecule has 4 heteroatoms. The minimum atomic E-state index is -0.0167. The fraction of sp³-hybridized carbons (Fsp3) is 0.533. The lowest BCUT2D eigenvalue weighted by atomic mass is 10.1. The summed E-state index contributed by atoms with van der Waals surface area (Å²) in [6.07, 6.45) is 3.28. The Morgan fingerprint density at radius 3 is 2.79 bits per heavy atom. The van der Waals surface area contributed by atoms with Crippen LogP contribution in [0.25, 0.3) is 0 Å². The first kappa shape index (κ1) is 13.9. The number of carbonyl (C=O) groups excluding carboxylic acids is 1. The maximum Gasteiger partial charge on any atom is 0.251 e. The molecule has 0 aromatic heterocycles. The summed E-state index contributed by atoms with van der Waals surface area (Å²) >= 11 is 0. The third-order valence-electron chi connectivity index (χ3n) is 3.31. The van der Waals surface area contributed by atoms with Gasteiger partial charge in [0.25, 0.3) is 5.91 Å². The SMILES string of the molecule is CCNC(=O)c1ccc(NC2CCCOCC2)cc1. The summed E-state index contributed by atoms with van der Waals surface area (Å²) in [7, 11) is 0. The lowest BCUT2D eigenvalue weighted by Gasteiger charge is -2.17. The van der Waals surface area contributed by atoms with Crippen molar-refractivity contribution in [2.75, 3.05) is 25.1 Å². The number of carbonyl (C=O) groups is 1. The molecule has 1 atom stereocenters. The summed E-state index contributed by atoms with van der Waals surface area (Å²) < 4.78 is 5.45. The maximum atomic E-state index is 11.6. The van der Waals surface area contributed by atoms with E-state index in [1.807, 2.05) is 31.2 Å². The summed E-state index contributed by atoms with van der Waals surface area (Å²) in [5, 5.41) is 6.30. The third-order valence-corrected chi connectivity index (χ3v) is 3.31. The molecule has 19 heavy (non-hydrogen) atoms. The zero-order chi connectivity index (χ0) is 13.5. The van der Waals surface area contributed by atoms with Crippen LogP contribution in [0.1, 0.15) is 36.5 Å². The Morgan fingerprint density at radius 2 is 2.05 bits per heavy atom. The van der Waals surface area contributed by atoms with Crippen molar-refractivity contribution in [3.05, 3.63) is 29.8 Å². The molecule has 0 radical (unpaired) electrons. The fourth-order valence-electron chi connectivity index (χ4n) is 2.26. The van der Waals surface area contributed by atoms with Crippen LogP contribution in [0.2, 0.25) is 0 Å². The van der Waals surface area contributed by atoms with Crippen LogP contribution in [0.4, 0.5) is 5.69 Å².